The molecular formula is C22H20ClN5O. The van der Waals surface area contributed by atoms with E-state index < -0.39 is 0 Å². The van der Waals surface area contributed by atoms with Gasteiger partial charge in [0.2, 0.25) is 0 Å². The summed E-state index contributed by atoms with van der Waals surface area (Å²) in [7, 11) is 0. The van der Waals surface area contributed by atoms with Gasteiger partial charge < -0.3 is 4.90 Å². The van der Waals surface area contributed by atoms with Crippen molar-refractivity contribution in [3.05, 3.63) is 88.0 Å². The Morgan fingerprint density at radius 2 is 1.83 bits per heavy atom. The number of hydrogen-bond donors (Lipinski definition) is 0. The average Bonchev–Trinajstić information content (AvgIpc) is 3.09. The van der Waals surface area contributed by atoms with E-state index in [1.54, 1.807) is 21.5 Å². The van der Waals surface area contributed by atoms with Crippen LogP contribution < -0.4 is 4.90 Å². The van der Waals surface area contributed by atoms with E-state index in [1.807, 2.05) is 63.2 Å². The van der Waals surface area contributed by atoms with Gasteiger partial charge in [0.15, 0.2) is 5.82 Å². The van der Waals surface area contributed by atoms with Crippen LogP contribution in [0.1, 0.15) is 33.1 Å². The molecule has 0 bridgehead atoms. The summed E-state index contributed by atoms with van der Waals surface area (Å²) < 4.78 is 1.69. The number of aryl methyl sites for hydroxylation is 3. The van der Waals surface area contributed by atoms with Crippen molar-refractivity contribution in [3.63, 3.8) is 0 Å². The Labute approximate surface area is 173 Å². The van der Waals surface area contributed by atoms with Gasteiger partial charge in [-0.05, 0) is 56.7 Å². The number of amides is 1. The molecule has 0 aliphatic rings. The van der Waals surface area contributed by atoms with Crippen molar-refractivity contribution in [2.45, 2.75) is 27.3 Å². The molecule has 7 heteroatoms. The molecule has 6 nitrogen and oxygen atoms in total. The van der Waals surface area contributed by atoms with Crippen LogP contribution >= 0.6 is 11.6 Å². The summed E-state index contributed by atoms with van der Waals surface area (Å²) in [6.45, 7) is 5.99. The van der Waals surface area contributed by atoms with Crippen LogP contribution in [0.3, 0.4) is 0 Å². The number of anilines is 1. The second-order valence-electron chi connectivity index (χ2n) is 6.96. The van der Waals surface area contributed by atoms with Crippen molar-refractivity contribution >= 4 is 29.0 Å². The molecule has 0 saturated heterocycles. The number of benzene rings is 2. The molecule has 1 amide bonds. The van der Waals surface area contributed by atoms with E-state index in [0.29, 0.717) is 27.9 Å². The first-order valence-corrected chi connectivity index (χ1v) is 9.63. The second kappa shape index (κ2) is 7.64. The molecule has 0 fully saturated rings. The van der Waals surface area contributed by atoms with Crippen LogP contribution in [0.5, 0.6) is 0 Å². The number of fused-ring (bicyclic) bond motifs is 1. The summed E-state index contributed by atoms with van der Waals surface area (Å²) in [5.74, 6) is 0.894. The minimum atomic E-state index is -0.134. The van der Waals surface area contributed by atoms with Crippen molar-refractivity contribution in [2.24, 2.45) is 0 Å². The molecule has 0 aliphatic carbocycles. The van der Waals surface area contributed by atoms with Crippen LogP contribution in [-0.2, 0) is 6.54 Å². The van der Waals surface area contributed by atoms with Gasteiger partial charge in [-0.3, -0.25) is 4.79 Å². The quantitative estimate of drug-likeness (QED) is 0.499. The SMILES string of the molecule is Cc1cc(C)n2nc(CN(C(=O)c3ccccc3C)c3cccc(Cl)c3)nc2n1. The van der Waals surface area contributed by atoms with Gasteiger partial charge in [0, 0.05) is 27.7 Å². The normalized spacial score (nSPS) is 11.0. The van der Waals surface area contributed by atoms with Gasteiger partial charge in [-0.25, -0.2) is 9.50 Å². The highest BCUT2D eigenvalue weighted by Gasteiger charge is 2.22. The number of aromatic nitrogens is 4. The number of halogens is 1. The van der Waals surface area contributed by atoms with Crippen LogP contribution in [0.4, 0.5) is 5.69 Å². The number of carbonyl (C=O) groups is 1. The summed E-state index contributed by atoms with van der Waals surface area (Å²) >= 11 is 6.19. The maximum absolute atomic E-state index is 13.4. The highest BCUT2D eigenvalue weighted by Crippen LogP contribution is 2.24. The number of hydrogen-bond acceptors (Lipinski definition) is 4. The van der Waals surface area contributed by atoms with E-state index in [1.165, 1.54) is 0 Å². The number of rotatable bonds is 4. The number of carbonyl (C=O) groups excluding carboxylic acids is 1. The highest BCUT2D eigenvalue weighted by molar-refractivity contribution is 6.31. The van der Waals surface area contributed by atoms with Gasteiger partial charge in [-0.2, -0.15) is 4.98 Å². The van der Waals surface area contributed by atoms with E-state index in [4.69, 9.17) is 11.6 Å². The molecule has 0 radical (unpaired) electrons. The predicted octanol–water partition coefficient (Wildman–Crippen LogP) is 4.55. The van der Waals surface area contributed by atoms with Gasteiger partial charge in [0.05, 0.1) is 6.54 Å². The Morgan fingerprint density at radius 1 is 1.03 bits per heavy atom. The molecular weight excluding hydrogens is 386 g/mol. The zero-order valence-electron chi connectivity index (χ0n) is 16.4. The first kappa shape index (κ1) is 19.1. The zero-order valence-corrected chi connectivity index (χ0v) is 17.2. The maximum Gasteiger partial charge on any atom is 0.258 e. The molecule has 0 unspecified atom stereocenters. The summed E-state index contributed by atoms with van der Waals surface area (Å²) in [5, 5.41) is 5.11. The molecule has 0 saturated carbocycles. The molecule has 146 valence electrons. The molecule has 0 aliphatic heterocycles. The van der Waals surface area contributed by atoms with Crippen LogP contribution in [-0.4, -0.2) is 25.5 Å². The van der Waals surface area contributed by atoms with E-state index in [2.05, 4.69) is 15.1 Å². The Kier molecular flexibility index (Phi) is 5.03. The Bertz CT molecular complexity index is 1220. The van der Waals surface area contributed by atoms with E-state index in [0.717, 1.165) is 17.0 Å². The Hall–Kier alpha value is -3.25. The minimum absolute atomic E-state index is 0.134. The smallest absolute Gasteiger partial charge is 0.258 e. The van der Waals surface area contributed by atoms with Crippen molar-refractivity contribution < 1.29 is 4.79 Å². The second-order valence-corrected chi connectivity index (χ2v) is 7.40. The average molecular weight is 406 g/mol. The fourth-order valence-corrected chi connectivity index (χ4v) is 3.48. The third kappa shape index (κ3) is 3.84. The zero-order chi connectivity index (χ0) is 20.5. The summed E-state index contributed by atoms with van der Waals surface area (Å²) in [6.07, 6.45) is 0. The number of nitrogens with zero attached hydrogens (tertiary/aromatic N) is 5. The third-order valence-electron chi connectivity index (χ3n) is 4.70. The lowest BCUT2D eigenvalue weighted by molar-refractivity contribution is 0.0984. The van der Waals surface area contributed by atoms with E-state index in [-0.39, 0.29) is 12.5 Å². The summed E-state index contributed by atoms with van der Waals surface area (Å²) in [5.41, 5.74) is 4.02. The summed E-state index contributed by atoms with van der Waals surface area (Å²) in [4.78, 5) is 24.0. The van der Waals surface area contributed by atoms with E-state index in [9.17, 15) is 4.79 Å². The first-order chi connectivity index (χ1) is 13.9. The van der Waals surface area contributed by atoms with Gasteiger partial charge in [-0.15, -0.1) is 5.10 Å². The molecule has 0 N–H and O–H groups in total. The monoisotopic (exact) mass is 405 g/mol. The molecule has 0 atom stereocenters. The van der Waals surface area contributed by atoms with Crippen molar-refractivity contribution in [2.75, 3.05) is 4.90 Å². The van der Waals surface area contributed by atoms with Crippen molar-refractivity contribution in [1.82, 2.24) is 19.6 Å². The predicted molar refractivity (Wildman–Crippen MR) is 113 cm³/mol. The van der Waals surface area contributed by atoms with Gasteiger partial charge >= 0.3 is 0 Å². The summed E-state index contributed by atoms with van der Waals surface area (Å²) in [6, 6.07) is 16.7. The molecule has 0 spiro atoms. The van der Waals surface area contributed by atoms with Crippen molar-refractivity contribution in [1.29, 1.82) is 0 Å². The van der Waals surface area contributed by atoms with Gasteiger partial charge in [0.1, 0.15) is 0 Å². The van der Waals surface area contributed by atoms with Crippen LogP contribution in [0, 0.1) is 20.8 Å². The Balaban J connectivity index is 1.78. The topological polar surface area (TPSA) is 63.4 Å². The molecule has 29 heavy (non-hydrogen) atoms. The lowest BCUT2D eigenvalue weighted by Crippen LogP contribution is -2.31. The lowest BCUT2D eigenvalue weighted by Gasteiger charge is -2.22. The molecule has 4 aromatic rings. The maximum atomic E-state index is 13.4. The standard InChI is InChI=1S/C22H20ClN5O/c1-14-7-4-5-10-19(14)21(29)27(18-9-6-8-17(23)12-18)13-20-25-22-24-15(2)11-16(3)28(22)26-20/h4-12H,13H2,1-3H3. The molecule has 4 rings (SSSR count). The first-order valence-electron chi connectivity index (χ1n) is 9.25. The third-order valence-corrected chi connectivity index (χ3v) is 4.94. The molecule has 2 heterocycles. The van der Waals surface area contributed by atoms with Crippen LogP contribution in [0.15, 0.2) is 54.6 Å². The molecule has 2 aromatic carbocycles. The van der Waals surface area contributed by atoms with Gasteiger partial charge in [0.25, 0.3) is 11.7 Å². The fraction of sp³-hybridized carbons (Fsp3) is 0.182. The minimum Gasteiger partial charge on any atom is -0.301 e. The highest BCUT2D eigenvalue weighted by atomic mass is 35.5. The van der Waals surface area contributed by atoms with Gasteiger partial charge in [-0.1, -0.05) is 35.9 Å². The Morgan fingerprint density at radius 3 is 2.59 bits per heavy atom. The van der Waals surface area contributed by atoms with Crippen molar-refractivity contribution in [3.8, 4) is 0 Å². The lowest BCUT2D eigenvalue weighted by atomic mass is 10.1. The van der Waals surface area contributed by atoms with Crippen LogP contribution in [0.25, 0.3) is 5.78 Å². The fourth-order valence-electron chi connectivity index (χ4n) is 3.30. The van der Waals surface area contributed by atoms with E-state index >= 15 is 0 Å². The largest absolute Gasteiger partial charge is 0.301 e. The van der Waals surface area contributed by atoms with Crippen LogP contribution in [0.2, 0.25) is 5.02 Å². The molecule has 2 aromatic heterocycles.